The first-order valence-electron chi connectivity index (χ1n) is 21.9. The normalized spacial score (nSPS) is 18.9. The molecule has 1 saturated heterocycles. The van der Waals surface area contributed by atoms with E-state index in [-0.39, 0.29) is 11.3 Å². The maximum atomic E-state index is 14.2. The number of sulfone groups is 1. The van der Waals surface area contributed by atoms with E-state index in [0.29, 0.717) is 60.5 Å². The van der Waals surface area contributed by atoms with Crippen LogP contribution in [-0.4, -0.2) is 83.7 Å². The minimum atomic E-state index is -6.04. The molecule has 17 heteroatoms. The van der Waals surface area contributed by atoms with Gasteiger partial charge in [-0.15, -0.1) is 11.8 Å². The minimum Gasteiger partial charge on any atom is -0.384 e. The molecule has 64 heavy (non-hydrogen) atoms. The third-order valence-electron chi connectivity index (χ3n) is 12.3. The summed E-state index contributed by atoms with van der Waals surface area (Å²) in [5, 5.41) is 10.6. The molecule has 0 radical (unpaired) electrons. The molecule has 7 rings (SSSR count). The van der Waals surface area contributed by atoms with Crippen molar-refractivity contribution in [1.29, 1.82) is 0 Å². The molecule has 2 bridgehead atoms. The first-order valence-corrected chi connectivity index (χ1v) is 26.2. The zero-order valence-corrected chi connectivity index (χ0v) is 38.7. The van der Waals surface area contributed by atoms with Crippen LogP contribution in [-0.2, 0) is 19.9 Å². The van der Waals surface area contributed by atoms with E-state index in [2.05, 4.69) is 33.0 Å². The molecule has 0 aromatic heterocycles. The van der Waals surface area contributed by atoms with Crippen LogP contribution in [0.3, 0.4) is 0 Å². The van der Waals surface area contributed by atoms with Gasteiger partial charge in [0.1, 0.15) is 4.90 Å². The molecular weight excluding hydrogens is 903 g/mol. The average molecular weight is 959 g/mol. The second-order valence-corrected chi connectivity index (χ2v) is 21.9. The molecule has 1 amide bonds. The summed E-state index contributed by atoms with van der Waals surface area (Å²) in [5.74, 6) is 0.00440. The number of sulfonamides is 1. The summed E-state index contributed by atoms with van der Waals surface area (Å²) in [6, 6.07) is 26.0. The second-order valence-electron chi connectivity index (χ2n) is 16.8. The summed E-state index contributed by atoms with van der Waals surface area (Å²) in [4.78, 5) is 14.5. The number of likely N-dealkylation sites (tertiary alicyclic amines) is 1. The van der Waals surface area contributed by atoms with E-state index in [1.54, 1.807) is 12.1 Å². The van der Waals surface area contributed by atoms with E-state index < -0.39 is 47.1 Å². The van der Waals surface area contributed by atoms with Crippen LogP contribution in [0.2, 0.25) is 5.02 Å². The highest BCUT2D eigenvalue weighted by molar-refractivity contribution is 7.99. The van der Waals surface area contributed by atoms with Crippen molar-refractivity contribution in [3.8, 4) is 0 Å². The van der Waals surface area contributed by atoms with E-state index in [9.17, 15) is 34.8 Å². The van der Waals surface area contributed by atoms with Gasteiger partial charge in [-0.25, -0.2) is 21.6 Å². The van der Waals surface area contributed by atoms with Gasteiger partial charge in [-0.3, -0.25) is 4.79 Å². The number of nitrogens with zero attached hydrogens (tertiary/aromatic N) is 1. The van der Waals surface area contributed by atoms with Gasteiger partial charge in [-0.2, -0.15) is 13.2 Å². The molecule has 4 aromatic rings. The van der Waals surface area contributed by atoms with Crippen molar-refractivity contribution in [2.45, 2.75) is 96.5 Å². The lowest BCUT2D eigenvalue weighted by Gasteiger charge is -2.28. The van der Waals surface area contributed by atoms with Crippen LogP contribution in [0.25, 0.3) is 5.57 Å². The van der Waals surface area contributed by atoms with Crippen LogP contribution in [0.5, 0.6) is 0 Å². The molecule has 3 atom stereocenters. The Morgan fingerprint density at radius 3 is 2.34 bits per heavy atom. The fourth-order valence-corrected chi connectivity index (χ4v) is 12.1. The quantitative estimate of drug-likeness (QED) is 0.0531. The Morgan fingerprint density at radius 1 is 0.859 bits per heavy atom. The number of rotatable bonds is 19. The maximum absolute atomic E-state index is 14.2. The van der Waals surface area contributed by atoms with E-state index in [1.807, 2.05) is 47.2 Å². The van der Waals surface area contributed by atoms with Crippen LogP contribution < -0.4 is 20.7 Å². The zero-order chi connectivity index (χ0) is 45.3. The Morgan fingerprint density at radius 2 is 1.61 bits per heavy atom. The SMILES string of the molecule is O=C(NS(=O)(=O)c1ccc(N[C@H](CCN2CC3CCCC2C3)CSc2ccccc2)c(S(=O)(=O)C(F)(F)F)c1)c1ccc(NCCNCC2=C(c3ccc(Cl)cc3)CCCCC2)cc1. The smallest absolute Gasteiger partial charge is 0.384 e. The van der Waals surface area contributed by atoms with Crippen molar-refractivity contribution in [2.75, 3.05) is 49.1 Å². The number of thioether (sulfide) groups is 1. The molecule has 2 unspecified atom stereocenters. The standard InChI is InChI=1S/C47H55ClF3N5O5S3/c48-37-18-14-34(15-19-37)43-13-6-1-3-9-36(43)30-52-25-26-53-38-20-16-35(17-21-38)46(57)55-64(60,61)42-22-23-44(45(29-42)63(58,59)47(49,50)51)54-39(32-62-41-11-4-2-5-12-41)24-27-56-31-33-8-7-10-40(56)28-33/h2,4-5,11-12,14-23,29,33,39-40,52-54H,1,3,6-10,13,24-28,30-32H2,(H,55,57)/t33?,39-,40?/m1/s1. The molecule has 10 nitrogen and oxygen atoms in total. The molecule has 4 N–H and O–H groups in total. The van der Waals surface area contributed by atoms with E-state index in [0.717, 1.165) is 68.6 Å². The number of hydrogen-bond acceptors (Lipinski definition) is 10. The van der Waals surface area contributed by atoms with Crippen LogP contribution in [0.15, 0.2) is 117 Å². The Labute approximate surface area is 384 Å². The van der Waals surface area contributed by atoms with Gasteiger partial charge in [0.2, 0.25) is 0 Å². The van der Waals surface area contributed by atoms with Gasteiger partial charge in [0.25, 0.3) is 25.8 Å². The van der Waals surface area contributed by atoms with Crippen molar-refractivity contribution in [3.63, 3.8) is 0 Å². The summed E-state index contributed by atoms with van der Waals surface area (Å²) in [7, 11) is -10.9. The monoisotopic (exact) mass is 957 g/mol. The van der Waals surface area contributed by atoms with Gasteiger partial charge >= 0.3 is 5.51 Å². The van der Waals surface area contributed by atoms with Crippen LogP contribution in [0, 0.1) is 5.92 Å². The second kappa shape index (κ2) is 21.5. The number of allylic oxidation sites excluding steroid dienone is 1. The van der Waals surface area contributed by atoms with Gasteiger partial charge in [0, 0.05) is 71.7 Å². The van der Waals surface area contributed by atoms with Gasteiger partial charge in [0.15, 0.2) is 0 Å². The predicted molar refractivity (Wildman–Crippen MR) is 250 cm³/mol. The zero-order valence-electron chi connectivity index (χ0n) is 35.5. The first kappa shape index (κ1) is 47.9. The van der Waals surface area contributed by atoms with Gasteiger partial charge in [-0.05, 0) is 135 Å². The lowest BCUT2D eigenvalue weighted by molar-refractivity contribution is -0.0435. The molecule has 3 aliphatic rings. The summed E-state index contributed by atoms with van der Waals surface area (Å²) >= 11 is 7.61. The molecule has 1 heterocycles. The number of carbonyl (C=O) groups is 1. The fourth-order valence-electron chi connectivity index (χ4n) is 8.96. The van der Waals surface area contributed by atoms with Gasteiger partial charge in [0.05, 0.1) is 10.6 Å². The fraction of sp³-hybridized carbons (Fsp3) is 0.426. The highest BCUT2D eigenvalue weighted by Crippen LogP contribution is 2.38. The molecule has 2 aliphatic carbocycles. The van der Waals surface area contributed by atoms with Crippen LogP contribution in [0.1, 0.15) is 80.1 Å². The summed E-state index contributed by atoms with van der Waals surface area (Å²) in [6.07, 6.45) is 10.6. The lowest BCUT2D eigenvalue weighted by atomic mass is 9.90. The molecule has 1 saturated carbocycles. The van der Waals surface area contributed by atoms with Crippen molar-refractivity contribution in [3.05, 3.63) is 119 Å². The van der Waals surface area contributed by atoms with E-state index in [1.165, 1.54) is 59.9 Å². The Bertz CT molecular complexity index is 2480. The summed E-state index contributed by atoms with van der Waals surface area (Å²) < 4.78 is 97.7. The largest absolute Gasteiger partial charge is 0.501 e. The Balaban J connectivity index is 0.992. The van der Waals surface area contributed by atoms with Crippen LogP contribution in [0.4, 0.5) is 24.5 Å². The summed E-state index contributed by atoms with van der Waals surface area (Å²) in [5.41, 5.74) is -1.47. The van der Waals surface area contributed by atoms with Crippen molar-refractivity contribution >= 4 is 66.1 Å². The number of halogens is 4. The topological polar surface area (TPSA) is 137 Å². The van der Waals surface area contributed by atoms with Crippen molar-refractivity contribution < 1.29 is 34.8 Å². The number of hydrogen-bond donors (Lipinski definition) is 4. The maximum Gasteiger partial charge on any atom is 0.501 e. The number of carbonyl (C=O) groups excluding carboxylic acids is 1. The Kier molecular flexibility index (Phi) is 16.1. The molecule has 1 aliphatic heterocycles. The number of anilines is 2. The number of amides is 1. The van der Waals surface area contributed by atoms with Crippen molar-refractivity contribution in [1.82, 2.24) is 14.9 Å². The Hall–Kier alpha value is -4.06. The lowest BCUT2D eigenvalue weighted by Crippen LogP contribution is -2.35. The minimum absolute atomic E-state index is 0.0237. The van der Waals surface area contributed by atoms with Crippen molar-refractivity contribution in [2.24, 2.45) is 5.92 Å². The molecule has 0 spiro atoms. The predicted octanol–water partition coefficient (Wildman–Crippen LogP) is 10.0. The third kappa shape index (κ3) is 12.4. The summed E-state index contributed by atoms with van der Waals surface area (Å²) in [6.45, 7) is 3.62. The van der Waals surface area contributed by atoms with E-state index in [4.69, 9.17) is 11.6 Å². The van der Waals surface area contributed by atoms with E-state index >= 15 is 0 Å². The van der Waals surface area contributed by atoms with Crippen LogP contribution >= 0.6 is 23.4 Å². The highest BCUT2D eigenvalue weighted by atomic mass is 35.5. The number of alkyl halides is 3. The number of nitrogens with one attached hydrogen (secondary N) is 4. The average Bonchev–Trinajstić information content (AvgIpc) is 3.39. The first-order chi connectivity index (χ1) is 30.7. The molecule has 344 valence electrons. The molecule has 4 aromatic carbocycles. The third-order valence-corrected chi connectivity index (χ3v) is 16.6. The van der Waals surface area contributed by atoms with Gasteiger partial charge < -0.3 is 20.9 Å². The number of benzene rings is 4. The molecule has 2 fully saturated rings. The highest BCUT2D eigenvalue weighted by Gasteiger charge is 2.48. The molecular formula is C47H55ClF3N5O5S3. The van der Waals surface area contributed by atoms with Gasteiger partial charge in [-0.1, -0.05) is 60.3 Å². The number of fused-ring (bicyclic) bond motifs is 2.